The van der Waals surface area contributed by atoms with E-state index < -0.39 is 0 Å². The van der Waals surface area contributed by atoms with Gasteiger partial charge in [0.25, 0.3) is 0 Å². The number of halogens is 1. The highest BCUT2D eigenvalue weighted by Crippen LogP contribution is 2.23. The molecule has 0 bridgehead atoms. The highest BCUT2D eigenvalue weighted by Gasteiger charge is 2.21. The van der Waals surface area contributed by atoms with Crippen LogP contribution in [0.5, 0.6) is 0 Å². The van der Waals surface area contributed by atoms with Crippen molar-refractivity contribution in [2.24, 2.45) is 0 Å². The summed E-state index contributed by atoms with van der Waals surface area (Å²) in [4.78, 5) is 13.6. The van der Waals surface area contributed by atoms with E-state index in [2.05, 4.69) is 15.9 Å². The second-order valence-electron chi connectivity index (χ2n) is 3.30. The normalized spacial score (nSPS) is 18.5. The maximum Gasteiger partial charge on any atom is 0.180 e. The van der Waals surface area contributed by atoms with Crippen LogP contribution < -0.4 is 0 Å². The zero-order valence-electron chi connectivity index (χ0n) is 7.34. The minimum Gasteiger partial charge on any atom is -0.454 e. The minimum atomic E-state index is 0.143. The van der Waals surface area contributed by atoms with Crippen LogP contribution in [0.4, 0.5) is 0 Å². The van der Waals surface area contributed by atoms with E-state index >= 15 is 0 Å². The Bertz CT molecular complexity index is 345. The molecule has 0 unspecified atom stereocenters. The van der Waals surface area contributed by atoms with E-state index in [0.29, 0.717) is 11.2 Å². The Balaban J connectivity index is 2.39. The monoisotopic (exact) mass is 243 g/mol. The van der Waals surface area contributed by atoms with E-state index in [1.807, 2.05) is 11.9 Å². The summed E-state index contributed by atoms with van der Waals surface area (Å²) in [7, 11) is 1.94. The molecule has 0 spiro atoms. The number of rotatable bonds is 0. The van der Waals surface area contributed by atoms with Gasteiger partial charge in [-0.1, -0.05) is 0 Å². The Morgan fingerprint density at radius 1 is 1.62 bits per heavy atom. The Labute approximate surface area is 84.8 Å². The molecule has 0 radical (unpaired) electrons. The quantitative estimate of drug-likeness (QED) is 0.696. The molecule has 2 rings (SSSR count). The fourth-order valence-electron chi connectivity index (χ4n) is 1.52. The van der Waals surface area contributed by atoms with Crippen LogP contribution in [-0.4, -0.2) is 30.8 Å². The molecular formula is C9H10BrNO2. The van der Waals surface area contributed by atoms with Crippen molar-refractivity contribution in [1.29, 1.82) is 0 Å². The first-order chi connectivity index (χ1) is 6.16. The minimum absolute atomic E-state index is 0.143. The summed E-state index contributed by atoms with van der Waals surface area (Å²) in [6.45, 7) is 1.36. The number of Topliss-reactive ketones (excluding diaryl/α,β-unsaturated/α-hetero) is 1. The van der Waals surface area contributed by atoms with Gasteiger partial charge >= 0.3 is 0 Å². The van der Waals surface area contributed by atoms with Gasteiger partial charge in [-0.25, -0.2) is 0 Å². The van der Waals surface area contributed by atoms with Gasteiger partial charge in [-0.2, -0.15) is 0 Å². The van der Waals surface area contributed by atoms with Crippen molar-refractivity contribution in [2.45, 2.75) is 6.42 Å². The number of hydrogen-bond acceptors (Lipinski definition) is 3. The molecule has 0 saturated carbocycles. The second-order valence-corrected chi connectivity index (χ2v) is 4.08. The first-order valence-electron chi connectivity index (χ1n) is 4.17. The lowest BCUT2D eigenvalue weighted by Crippen LogP contribution is -2.24. The summed E-state index contributed by atoms with van der Waals surface area (Å²) in [5.74, 6) is 0.950. The summed E-state index contributed by atoms with van der Waals surface area (Å²) in [6, 6.07) is 1.76. The van der Waals surface area contributed by atoms with Crippen molar-refractivity contribution in [3.8, 4) is 0 Å². The third-order valence-electron chi connectivity index (χ3n) is 2.21. The van der Waals surface area contributed by atoms with Gasteiger partial charge in [0, 0.05) is 19.0 Å². The number of ketones is 1. The predicted molar refractivity (Wildman–Crippen MR) is 51.9 cm³/mol. The molecule has 0 atom stereocenters. The summed E-state index contributed by atoms with van der Waals surface area (Å²) >= 11 is 3.23. The Morgan fingerprint density at radius 2 is 2.38 bits per heavy atom. The standard InChI is InChI=1S/C9H10BrNO2/c1-11-3-2-8-6(7(12)5-11)4-9(10)13-8/h4H,2-3,5H2,1H3. The Morgan fingerprint density at radius 3 is 3.15 bits per heavy atom. The summed E-state index contributed by atoms with van der Waals surface area (Å²) < 4.78 is 6.02. The number of carbonyl (C=O) groups excluding carboxylic acids is 1. The SMILES string of the molecule is CN1CCc2oc(Br)cc2C(=O)C1. The molecule has 70 valence electrons. The van der Waals surface area contributed by atoms with Gasteiger partial charge in [-0.3, -0.25) is 9.69 Å². The Kier molecular flexibility index (Phi) is 2.26. The fraction of sp³-hybridized carbons (Fsp3) is 0.444. The van der Waals surface area contributed by atoms with Gasteiger partial charge in [0.05, 0.1) is 12.1 Å². The molecule has 0 aliphatic carbocycles. The van der Waals surface area contributed by atoms with Gasteiger partial charge in [-0.05, 0) is 23.0 Å². The number of hydrogen-bond donors (Lipinski definition) is 0. The van der Waals surface area contributed by atoms with Gasteiger partial charge < -0.3 is 4.42 Å². The summed E-state index contributed by atoms with van der Waals surface area (Å²) in [5, 5.41) is 0. The van der Waals surface area contributed by atoms with Gasteiger partial charge in [0.2, 0.25) is 0 Å². The lowest BCUT2D eigenvalue weighted by molar-refractivity contribution is 0.0954. The zero-order valence-corrected chi connectivity index (χ0v) is 8.93. The van der Waals surface area contributed by atoms with Crippen LogP contribution >= 0.6 is 15.9 Å². The maximum absolute atomic E-state index is 11.6. The molecule has 3 nitrogen and oxygen atoms in total. The van der Waals surface area contributed by atoms with E-state index in [-0.39, 0.29) is 5.78 Å². The van der Waals surface area contributed by atoms with Crippen molar-refractivity contribution >= 4 is 21.7 Å². The molecule has 0 saturated heterocycles. The fourth-order valence-corrected chi connectivity index (χ4v) is 1.94. The van der Waals surface area contributed by atoms with Gasteiger partial charge in [0.15, 0.2) is 10.5 Å². The van der Waals surface area contributed by atoms with E-state index in [9.17, 15) is 4.79 Å². The third-order valence-corrected chi connectivity index (χ3v) is 2.60. The van der Waals surface area contributed by atoms with Crippen LogP contribution in [-0.2, 0) is 6.42 Å². The number of nitrogens with zero attached hydrogens (tertiary/aromatic N) is 1. The van der Waals surface area contributed by atoms with Crippen LogP contribution in [0.2, 0.25) is 0 Å². The molecule has 1 aromatic rings. The lowest BCUT2D eigenvalue weighted by Gasteiger charge is -2.09. The van der Waals surface area contributed by atoms with Crippen molar-refractivity contribution in [1.82, 2.24) is 4.90 Å². The Hall–Kier alpha value is -0.610. The molecule has 2 heterocycles. The molecule has 0 N–H and O–H groups in total. The predicted octanol–water partition coefficient (Wildman–Crippen LogP) is 1.71. The largest absolute Gasteiger partial charge is 0.454 e. The first-order valence-corrected chi connectivity index (χ1v) is 4.96. The van der Waals surface area contributed by atoms with Gasteiger partial charge in [-0.15, -0.1) is 0 Å². The topological polar surface area (TPSA) is 33.5 Å². The van der Waals surface area contributed by atoms with Crippen molar-refractivity contribution in [3.63, 3.8) is 0 Å². The average molecular weight is 244 g/mol. The molecule has 0 amide bonds. The summed E-state index contributed by atoms with van der Waals surface area (Å²) in [5.41, 5.74) is 0.733. The molecule has 1 aliphatic rings. The van der Waals surface area contributed by atoms with E-state index in [1.54, 1.807) is 6.07 Å². The molecule has 1 aliphatic heterocycles. The molecule has 4 heteroatoms. The highest BCUT2D eigenvalue weighted by atomic mass is 79.9. The van der Waals surface area contributed by atoms with Crippen LogP contribution in [0.25, 0.3) is 0 Å². The van der Waals surface area contributed by atoms with Crippen molar-refractivity contribution < 1.29 is 9.21 Å². The zero-order chi connectivity index (χ0) is 9.42. The number of furan rings is 1. The number of carbonyl (C=O) groups is 1. The van der Waals surface area contributed by atoms with E-state index in [1.165, 1.54) is 0 Å². The van der Waals surface area contributed by atoms with Crippen molar-refractivity contribution in [2.75, 3.05) is 20.1 Å². The number of likely N-dealkylation sites (N-methyl/N-ethyl adjacent to an activating group) is 1. The molecule has 0 fully saturated rings. The highest BCUT2D eigenvalue weighted by molar-refractivity contribution is 9.10. The van der Waals surface area contributed by atoms with Crippen LogP contribution in [0, 0.1) is 0 Å². The number of fused-ring (bicyclic) bond motifs is 1. The van der Waals surface area contributed by atoms with Gasteiger partial charge in [0.1, 0.15) is 5.76 Å². The summed E-state index contributed by atoms with van der Waals surface area (Å²) in [6.07, 6.45) is 0.809. The molecule has 13 heavy (non-hydrogen) atoms. The lowest BCUT2D eigenvalue weighted by atomic mass is 10.1. The van der Waals surface area contributed by atoms with Crippen LogP contribution in [0.15, 0.2) is 15.2 Å². The maximum atomic E-state index is 11.6. The molecule has 0 aromatic carbocycles. The van der Waals surface area contributed by atoms with E-state index in [0.717, 1.165) is 24.3 Å². The molecular weight excluding hydrogens is 234 g/mol. The average Bonchev–Trinajstić information content (AvgIpc) is 2.38. The first kappa shape index (κ1) is 8.97. The van der Waals surface area contributed by atoms with Crippen molar-refractivity contribution in [3.05, 3.63) is 22.1 Å². The van der Waals surface area contributed by atoms with E-state index in [4.69, 9.17) is 4.42 Å². The second kappa shape index (κ2) is 3.27. The molecule has 1 aromatic heterocycles. The third kappa shape index (κ3) is 1.69. The van der Waals surface area contributed by atoms with Crippen LogP contribution in [0.3, 0.4) is 0 Å². The van der Waals surface area contributed by atoms with Crippen LogP contribution in [0.1, 0.15) is 16.1 Å². The smallest absolute Gasteiger partial charge is 0.180 e.